The summed E-state index contributed by atoms with van der Waals surface area (Å²) < 4.78 is 16.0. The number of carbonyl (C=O) groups excluding carboxylic acids is 1. The minimum absolute atomic E-state index is 0.174. The molecule has 0 saturated heterocycles. The summed E-state index contributed by atoms with van der Waals surface area (Å²) in [6.07, 6.45) is 1.46. The number of nitrogens with zero attached hydrogens (tertiary/aromatic N) is 1. The molecule has 0 radical (unpaired) electrons. The van der Waals surface area contributed by atoms with Crippen LogP contribution in [0.1, 0.15) is 33.5 Å². The van der Waals surface area contributed by atoms with E-state index in [1.54, 1.807) is 21.3 Å². The van der Waals surface area contributed by atoms with Crippen molar-refractivity contribution in [2.24, 2.45) is 0 Å². The van der Waals surface area contributed by atoms with Crippen LogP contribution in [0.25, 0.3) is 0 Å². The van der Waals surface area contributed by atoms with E-state index in [0.717, 1.165) is 54.4 Å². The van der Waals surface area contributed by atoms with Crippen LogP contribution in [-0.2, 0) is 13.0 Å². The van der Waals surface area contributed by atoms with Gasteiger partial charge in [-0.1, -0.05) is 0 Å². The summed E-state index contributed by atoms with van der Waals surface area (Å²) >= 11 is 0. The van der Waals surface area contributed by atoms with Gasteiger partial charge in [0.15, 0.2) is 17.3 Å². The number of aryl methyl sites for hydroxylation is 1. The van der Waals surface area contributed by atoms with E-state index >= 15 is 0 Å². The number of methoxy groups -OCH3 is 3. The maximum absolute atomic E-state index is 12.6. The van der Waals surface area contributed by atoms with Gasteiger partial charge in [-0.2, -0.15) is 0 Å². The normalized spacial score (nSPS) is 13.8. The molecule has 0 saturated carbocycles. The van der Waals surface area contributed by atoms with Crippen LogP contribution in [0.3, 0.4) is 0 Å². The zero-order valence-electron chi connectivity index (χ0n) is 16.5. The van der Waals surface area contributed by atoms with Crippen LogP contribution in [0.4, 0.5) is 0 Å². The van der Waals surface area contributed by atoms with Crippen molar-refractivity contribution in [3.05, 3.63) is 52.6 Å². The number of benzene rings is 2. The van der Waals surface area contributed by atoms with Crippen molar-refractivity contribution < 1.29 is 19.0 Å². The molecular weight excluding hydrogens is 342 g/mol. The highest BCUT2D eigenvalue weighted by Crippen LogP contribution is 2.33. The smallest absolute Gasteiger partial charge is 0.164 e. The van der Waals surface area contributed by atoms with Gasteiger partial charge in [0, 0.05) is 31.6 Å². The second-order valence-corrected chi connectivity index (χ2v) is 6.86. The van der Waals surface area contributed by atoms with Crippen LogP contribution < -0.4 is 14.2 Å². The summed E-state index contributed by atoms with van der Waals surface area (Å²) in [4.78, 5) is 15.0. The summed E-state index contributed by atoms with van der Waals surface area (Å²) in [6.45, 7) is 4.46. The molecule has 3 rings (SSSR count). The Labute approximate surface area is 160 Å². The maximum Gasteiger partial charge on any atom is 0.164 e. The van der Waals surface area contributed by atoms with Crippen molar-refractivity contribution in [3.8, 4) is 17.2 Å². The first-order valence-electron chi connectivity index (χ1n) is 9.19. The number of Topliss-reactive ketones (excluding diaryl/α,β-unsaturated/α-hetero) is 1. The van der Waals surface area contributed by atoms with Gasteiger partial charge in [-0.05, 0) is 60.4 Å². The van der Waals surface area contributed by atoms with Gasteiger partial charge in [-0.15, -0.1) is 0 Å². The molecule has 0 aromatic heterocycles. The van der Waals surface area contributed by atoms with Crippen molar-refractivity contribution in [1.29, 1.82) is 0 Å². The van der Waals surface area contributed by atoms with E-state index < -0.39 is 0 Å². The Balaban J connectivity index is 1.64. The highest BCUT2D eigenvalue weighted by molar-refractivity contribution is 5.97. The van der Waals surface area contributed by atoms with E-state index in [1.165, 1.54) is 11.1 Å². The van der Waals surface area contributed by atoms with Crippen molar-refractivity contribution in [2.75, 3.05) is 34.4 Å². The molecule has 0 amide bonds. The van der Waals surface area contributed by atoms with Crippen LogP contribution in [-0.4, -0.2) is 45.1 Å². The lowest BCUT2D eigenvalue weighted by Gasteiger charge is -2.29. The minimum Gasteiger partial charge on any atom is -0.497 e. The van der Waals surface area contributed by atoms with Gasteiger partial charge in [0.25, 0.3) is 0 Å². The molecule has 1 aliphatic heterocycles. The standard InChI is InChI=1S/C22H27NO4/c1-15-11-18(25-2)5-6-19(15)20(24)8-10-23-9-7-16-12-21(26-3)22(27-4)13-17(16)14-23/h5-6,11-13H,7-10,14H2,1-4H3. The van der Waals surface area contributed by atoms with E-state index in [9.17, 15) is 4.79 Å². The van der Waals surface area contributed by atoms with Gasteiger partial charge in [0.2, 0.25) is 0 Å². The van der Waals surface area contributed by atoms with Crippen molar-refractivity contribution in [1.82, 2.24) is 4.90 Å². The molecule has 5 nitrogen and oxygen atoms in total. The second-order valence-electron chi connectivity index (χ2n) is 6.86. The third kappa shape index (κ3) is 4.25. The van der Waals surface area contributed by atoms with Gasteiger partial charge in [-0.3, -0.25) is 9.69 Å². The Bertz CT molecular complexity index is 831. The van der Waals surface area contributed by atoms with Crippen LogP contribution in [0, 0.1) is 6.92 Å². The molecule has 27 heavy (non-hydrogen) atoms. The molecule has 0 bridgehead atoms. The number of ketones is 1. The summed E-state index contributed by atoms with van der Waals surface area (Å²) in [5.74, 6) is 2.48. The average Bonchev–Trinajstić information content (AvgIpc) is 2.70. The first-order chi connectivity index (χ1) is 13.0. The third-order valence-corrected chi connectivity index (χ3v) is 5.19. The molecule has 2 aromatic rings. The van der Waals surface area contributed by atoms with Crippen LogP contribution in [0.15, 0.2) is 30.3 Å². The SMILES string of the molecule is COc1ccc(C(=O)CCN2CCc3cc(OC)c(OC)cc3C2)c(C)c1. The maximum atomic E-state index is 12.6. The van der Waals surface area contributed by atoms with Gasteiger partial charge in [-0.25, -0.2) is 0 Å². The first-order valence-corrected chi connectivity index (χ1v) is 9.19. The highest BCUT2D eigenvalue weighted by atomic mass is 16.5. The molecule has 0 atom stereocenters. The van der Waals surface area contributed by atoms with Crippen molar-refractivity contribution in [2.45, 2.75) is 26.3 Å². The monoisotopic (exact) mass is 369 g/mol. The Morgan fingerprint density at radius 1 is 1.00 bits per heavy atom. The topological polar surface area (TPSA) is 48.0 Å². The van der Waals surface area contributed by atoms with Crippen molar-refractivity contribution >= 4 is 5.78 Å². The molecular formula is C22H27NO4. The van der Waals surface area contributed by atoms with Gasteiger partial charge < -0.3 is 14.2 Å². The van der Waals surface area contributed by atoms with E-state index in [2.05, 4.69) is 17.0 Å². The molecule has 0 fully saturated rings. The second kappa shape index (κ2) is 8.44. The van der Waals surface area contributed by atoms with E-state index in [0.29, 0.717) is 6.42 Å². The quantitative estimate of drug-likeness (QED) is 0.697. The Kier molecular flexibility index (Phi) is 6.01. The van der Waals surface area contributed by atoms with E-state index in [-0.39, 0.29) is 5.78 Å². The molecule has 1 heterocycles. The number of hydrogen-bond acceptors (Lipinski definition) is 5. The number of ether oxygens (including phenoxy) is 3. The average molecular weight is 369 g/mol. The summed E-state index contributed by atoms with van der Waals surface area (Å²) in [6, 6.07) is 9.73. The predicted molar refractivity (Wildman–Crippen MR) is 105 cm³/mol. The van der Waals surface area contributed by atoms with Crippen molar-refractivity contribution in [3.63, 3.8) is 0 Å². The minimum atomic E-state index is 0.174. The Morgan fingerprint density at radius 2 is 1.70 bits per heavy atom. The number of fused-ring (bicyclic) bond motifs is 1. The van der Waals surface area contributed by atoms with Crippen LogP contribution >= 0.6 is 0 Å². The lowest BCUT2D eigenvalue weighted by molar-refractivity contribution is 0.0960. The molecule has 1 aliphatic rings. The lowest BCUT2D eigenvalue weighted by atomic mass is 9.98. The van der Waals surface area contributed by atoms with Crippen LogP contribution in [0.5, 0.6) is 17.2 Å². The van der Waals surface area contributed by atoms with Gasteiger partial charge >= 0.3 is 0 Å². The van der Waals surface area contributed by atoms with Gasteiger partial charge in [0.05, 0.1) is 21.3 Å². The summed E-state index contributed by atoms with van der Waals surface area (Å²) in [5, 5.41) is 0. The molecule has 2 aromatic carbocycles. The Morgan fingerprint density at radius 3 is 2.33 bits per heavy atom. The first kappa shape index (κ1) is 19.2. The third-order valence-electron chi connectivity index (χ3n) is 5.19. The molecule has 0 spiro atoms. The fourth-order valence-electron chi connectivity index (χ4n) is 3.60. The highest BCUT2D eigenvalue weighted by Gasteiger charge is 2.20. The zero-order chi connectivity index (χ0) is 19.4. The number of rotatable bonds is 7. The zero-order valence-corrected chi connectivity index (χ0v) is 16.5. The fraction of sp³-hybridized carbons (Fsp3) is 0.409. The fourth-order valence-corrected chi connectivity index (χ4v) is 3.60. The lowest BCUT2D eigenvalue weighted by Crippen LogP contribution is -2.32. The van der Waals surface area contributed by atoms with E-state index in [4.69, 9.17) is 14.2 Å². The summed E-state index contributed by atoms with van der Waals surface area (Å²) in [7, 11) is 4.95. The largest absolute Gasteiger partial charge is 0.497 e. The number of hydrogen-bond donors (Lipinski definition) is 0. The molecule has 0 aliphatic carbocycles. The van der Waals surface area contributed by atoms with E-state index in [1.807, 2.05) is 25.1 Å². The van der Waals surface area contributed by atoms with Crippen LogP contribution in [0.2, 0.25) is 0 Å². The number of carbonyl (C=O) groups is 1. The molecule has 144 valence electrons. The molecule has 5 heteroatoms. The molecule has 0 unspecified atom stereocenters. The van der Waals surface area contributed by atoms with Gasteiger partial charge in [0.1, 0.15) is 5.75 Å². The predicted octanol–water partition coefficient (Wildman–Crippen LogP) is 3.65. The Hall–Kier alpha value is -2.53. The molecule has 0 N–H and O–H groups in total. The summed E-state index contributed by atoms with van der Waals surface area (Å²) in [5.41, 5.74) is 4.27.